The average molecular weight is 515 g/mol. The Labute approximate surface area is 198 Å². The molecule has 32 heavy (non-hydrogen) atoms. The number of amides is 2. The number of nitrogens with zero attached hydrogens (tertiary/aromatic N) is 2. The monoisotopic (exact) mass is 514 g/mol. The SMILES string of the molecule is C=CCN(CCCCC)C(=O)[C@H]1N(CCCO)C(=O)[C@@H]2[C@@H](C(=O)OCC)[C@@H]3O[C@@]21CC3Br. The number of carbonyl (C=O) groups excluding carboxylic acids is 3. The van der Waals surface area contributed by atoms with Crippen molar-refractivity contribution in [1.29, 1.82) is 0 Å². The van der Waals surface area contributed by atoms with Crippen LogP contribution in [-0.4, -0.2) is 88.1 Å². The number of ether oxygens (including phenoxy) is 2. The first kappa shape index (κ1) is 25.2. The van der Waals surface area contributed by atoms with E-state index in [1.165, 1.54) is 4.90 Å². The molecule has 2 amide bonds. The van der Waals surface area contributed by atoms with Crippen molar-refractivity contribution in [1.82, 2.24) is 9.80 Å². The summed E-state index contributed by atoms with van der Waals surface area (Å²) in [5, 5.41) is 9.40. The van der Waals surface area contributed by atoms with Crippen molar-refractivity contribution < 1.29 is 29.0 Å². The summed E-state index contributed by atoms with van der Waals surface area (Å²) < 4.78 is 11.7. The first-order chi connectivity index (χ1) is 15.4. The summed E-state index contributed by atoms with van der Waals surface area (Å²) in [5.74, 6) is -2.40. The molecule has 1 unspecified atom stereocenters. The largest absolute Gasteiger partial charge is 0.466 e. The highest BCUT2D eigenvalue weighted by atomic mass is 79.9. The molecule has 1 N–H and O–H groups in total. The van der Waals surface area contributed by atoms with E-state index in [2.05, 4.69) is 29.4 Å². The van der Waals surface area contributed by atoms with E-state index in [0.717, 1.165) is 19.3 Å². The highest BCUT2D eigenvalue weighted by molar-refractivity contribution is 9.09. The predicted molar refractivity (Wildman–Crippen MR) is 122 cm³/mol. The minimum atomic E-state index is -1.08. The van der Waals surface area contributed by atoms with Gasteiger partial charge >= 0.3 is 5.97 Å². The Hall–Kier alpha value is -1.45. The van der Waals surface area contributed by atoms with Crippen LogP contribution in [0, 0.1) is 11.8 Å². The first-order valence-electron chi connectivity index (χ1n) is 11.7. The number of alkyl halides is 1. The lowest BCUT2D eigenvalue weighted by atomic mass is 9.70. The van der Waals surface area contributed by atoms with Gasteiger partial charge in [0.2, 0.25) is 11.8 Å². The van der Waals surface area contributed by atoms with E-state index in [1.54, 1.807) is 17.9 Å². The third-order valence-corrected chi connectivity index (χ3v) is 7.68. The van der Waals surface area contributed by atoms with Gasteiger partial charge in [-0.1, -0.05) is 41.8 Å². The van der Waals surface area contributed by atoms with Crippen LogP contribution >= 0.6 is 15.9 Å². The first-order valence-corrected chi connectivity index (χ1v) is 12.6. The second-order valence-corrected chi connectivity index (χ2v) is 9.98. The molecule has 0 aromatic heterocycles. The van der Waals surface area contributed by atoms with Crippen molar-refractivity contribution >= 4 is 33.7 Å². The van der Waals surface area contributed by atoms with Gasteiger partial charge < -0.3 is 24.4 Å². The molecule has 1 spiro atoms. The summed E-state index contributed by atoms with van der Waals surface area (Å²) in [6.07, 6.45) is 4.89. The molecule has 3 heterocycles. The minimum Gasteiger partial charge on any atom is -0.466 e. The highest BCUT2D eigenvalue weighted by Gasteiger charge is 2.76. The topological polar surface area (TPSA) is 96.4 Å². The molecule has 2 bridgehead atoms. The standard InChI is InChI=1S/C23H35BrN2O6/c1-4-7-8-11-25(10-5-2)21(29)19-23-14-15(24)18(32-23)16(22(30)31-6-3)17(23)20(28)26(19)12-9-13-27/h5,15-19,27H,2,4,6-14H2,1,3H3/t15?,16-,17+,18-,19-,23+/m1/s1. The molecule has 3 rings (SSSR count). The van der Waals surface area contributed by atoms with Gasteiger partial charge in [0, 0.05) is 31.1 Å². The van der Waals surface area contributed by atoms with Crippen LogP contribution < -0.4 is 0 Å². The Morgan fingerprint density at radius 2 is 2.12 bits per heavy atom. The summed E-state index contributed by atoms with van der Waals surface area (Å²) in [6, 6.07) is -0.836. The number of aliphatic hydroxyl groups excluding tert-OH is 1. The van der Waals surface area contributed by atoms with Crippen LogP contribution in [0.3, 0.4) is 0 Å². The summed E-state index contributed by atoms with van der Waals surface area (Å²) in [4.78, 5) is 43.5. The fourth-order valence-electron chi connectivity index (χ4n) is 5.57. The summed E-state index contributed by atoms with van der Waals surface area (Å²) >= 11 is 3.63. The maximum atomic E-state index is 13.9. The van der Waals surface area contributed by atoms with Crippen LogP contribution in [0.1, 0.15) is 46.0 Å². The minimum absolute atomic E-state index is 0.0961. The van der Waals surface area contributed by atoms with Crippen molar-refractivity contribution in [2.75, 3.05) is 32.8 Å². The smallest absolute Gasteiger partial charge is 0.312 e. The van der Waals surface area contributed by atoms with Crippen molar-refractivity contribution in [2.45, 2.75) is 68.5 Å². The lowest BCUT2D eigenvalue weighted by Gasteiger charge is -2.37. The predicted octanol–water partition coefficient (Wildman–Crippen LogP) is 1.88. The molecule has 3 fully saturated rings. The van der Waals surface area contributed by atoms with E-state index in [1.807, 2.05) is 0 Å². The van der Waals surface area contributed by atoms with E-state index in [9.17, 15) is 19.5 Å². The van der Waals surface area contributed by atoms with E-state index in [4.69, 9.17) is 9.47 Å². The van der Waals surface area contributed by atoms with Gasteiger partial charge in [-0.2, -0.15) is 0 Å². The second-order valence-electron chi connectivity index (χ2n) is 8.80. The normalized spacial score (nSPS) is 32.8. The van der Waals surface area contributed by atoms with Gasteiger partial charge in [0.05, 0.1) is 24.5 Å². The molecule has 3 saturated heterocycles. The van der Waals surface area contributed by atoms with Crippen molar-refractivity contribution in [3.8, 4) is 0 Å². The van der Waals surface area contributed by atoms with E-state index in [0.29, 0.717) is 25.9 Å². The number of fused-ring (bicyclic) bond motifs is 1. The number of hydrogen-bond donors (Lipinski definition) is 1. The Balaban J connectivity index is 1.98. The van der Waals surface area contributed by atoms with Gasteiger partial charge in [0.15, 0.2) is 0 Å². The Morgan fingerprint density at radius 1 is 1.38 bits per heavy atom. The number of rotatable bonds is 12. The summed E-state index contributed by atoms with van der Waals surface area (Å²) in [7, 11) is 0. The van der Waals surface area contributed by atoms with Gasteiger partial charge in [-0.25, -0.2) is 0 Å². The highest BCUT2D eigenvalue weighted by Crippen LogP contribution is 2.60. The van der Waals surface area contributed by atoms with Crippen LogP contribution in [0.15, 0.2) is 12.7 Å². The molecule has 0 aromatic carbocycles. The second kappa shape index (κ2) is 10.7. The average Bonchev–Trinajstić information content (AvgIpc) is 3.35. The van der Waals surface area contributed by atoms with Gasteiger partial charge in [0.1, 0.15) is 11.6 Å². The zero-order valence-corrected chi connectivity index (χ0v) is 20.6. The molecular weight excluding hydrogens is 480 g/mol. The van der Waals surface area contributed by atoms with E-state index in [-0.39, 0.29) is 36.4 Å². The molecule has 0 aromatic rings. The van der Waals surface area contributed by atoms with E-state index < -0.39 is 35.6 Å². The number of esters is 1. The van der Waals surface area contributed by atoms with Gasteiger partial charge in [-0.3, -0.25) is 14.4 Å². The molecule has 6 atom stereocenters. The fourth-order valence-corrected chi connectivity index (χ4v) is 6.51. The number of likely N-dealkylation sites (tertiary alicyclic amines) is 1. The molecule has 3 aliphatic rings. The van der Waals surface area contributed by atoms with Gasteiger partial charge in [-0.05, 0) is 26.2 Å². The lowest BCUT2D eigenvalue weighted by Crippen LogP contribution is -2.57. The molecule has 9 heteroatoms. The van der Waals surface area contributed by atoms with Crippen molar-refractivity contribution in [3.05, 3.63) is 12.7 Å². The number of aliphatic hydroxyl groups is 1. The molecule has 0 aliphatic carbocycles. The van der Waals surface area contributed by atoms with Gasteiger partial charge in [-0.15, -0.1) is 6.58 Å². The molecule has 0 radical (unpaired) electrons. The Morgan fingerprint density at radius 3 is 2.75 bits per heavy atom. The maximum Gasteiger partial charge on any atom is 0.312 e. The van der Waals surface area contributed by atoms with Crippen molar-refractivity contribution in [3.63, 3.8) is 0 Å². The zero-order chi connectivity index (χ0) is 23.5. The van der Waals surface area contributed by atoms with Crippen LogP contribution in [0.25, 0.3) is 0 Å². The molecule has 8 nitrogen and oxygen atoms in total. The summed E-state index contributed by atoms with van der Waals surface area (Å²) in [6.45, 7) is 8.93. The zero-order valence-electron chi connectivity index (χ0n) is 19.0. The van der Waals surface area contributed by atoms with Crippen LogP contribution in [0.4, 0.5) is 0 Å². The lowest BCUT2D eigenvalue weighted by molar-refractivity contribution is -0.154. The quantitative estimate of drug-likeness (QED) is 0.185. The molecule has 3 aliphatic heterocycles. The molecular formula is C23H35BrN2O6. The number of unbranched alkanes of at least 4 members (excludes halogenated alkanes) is 2. The Kier molecular flexibility index (Phi) is 8.38. The van der Waals surface area contributed by atoms with Crippen LogP contribution in [0.5, 0.6) is 0 Å². The number of hydrogen-bond acceptors (Lipinski definition) is 6. The fraction of sp³-hybridized carbons (Fsp3) is 0.783. The molecule has 180 valence electrons. The van der Waals surface area contributed by atoms with E-state index >= 15 is 0 Å². The third-order valence-electron chi connectivity index (χ3n) is 6.83. The van der Waals surface area contributed by atoms with Crippen LogP contribution in [0.2, 0.25) is 0 Å². The summed E-state index contributed by atoms with van der Waals surface area (Å²) in [5.41, 5.74) is -1.08. The molecule has 0 saturated carbocycles. The van der Waals surface area contributed by atoms with Crippen molar-refractivity contribution in [2.24, 2.45) is 11.8 Å². The third kappa shape index (κ3) is 4.23. The Bertz CT molecular complexity index is 733. The number of carbonyl (C=O) groups is 3. The maximum absolute atomic E-state index is 13.9. The van der Waals surface area contributed by atoms with Crippen LogP contribution in [-0.2, 0) is 23.9 Å². The van der Waals surface area contributed by atoms with Gasteiger partial charge in [0.25, 0.3) is 0 Å². The number of halogens is 1.